The third kappa shape index (κ3) is 4.52. The molecule has 0 radical (unpaired) electrons. The molecule has 0 aliphatic rings. The predicted octanol–water partition coefficient (Wildman–Crippen LogP) is 6.84. The minimum atomic E-state index is 0.729. The number of benzene rings is 3. The van der Waals surface area contributed by atoms with Crippen molar-refractivity contribution < 1.29 is 0 Å². The van der Waals surface area contributed by atoms with Gasteiger partial charge in [0.25, 0.3) is 0 Å². The molecule has 0 saturated heterocycles. The number of allylic oxidation sites excluding steroid dienone is 3. The van der Waals surface area contributed by atoms with Crippen LogP contribution in [0, 0.1) is 0 Å². The molecule has 1 heterocycles. The smallest absolute Gasteiger partial charge is 0.145 e. The Morgan fingerprint density at radius 2 is 1.47 bits per heavy atom. The molecule has 30 heavy (non-hydrogen) atoms. The summed E-state index contributed by atoms with van der Waals surface area (Å²) in [4.78, 5) is 4.95. The van der Waals surface area contributed by atoms with Crippen molar-refractivity contribution in [2.75, 3.05) is 0 Å². The number of nitrogens with two attached hydrogens (primary N) is 1. The molecule has 3 heteroatoms. The van der Waals surface area contributed by atoms with E-state index in [4.69, 9.17) is 10.7 Å². The standard InChI is InChI=1S/C25H23N3.C2H6/c1-2-11-20(18-22(26)19-12-5-3-6-13-19)25-27-23-16-9-10-17-24(23)28(25)21-14-7-4-8-15-21;1-2/h3-18H,2,26H2,1H3;1-2H3/b20-11+,22-18-;. The summed E-state index contributed by atoms with van der Waals surface area (Å²) in [5.41, 5.74) is 12.3. The zero-order chi connectivity index (χ0) is 21.3. The molecule has 0 fully saturated rings. The fraction of sp³-hybridized carbons (Fsp3) is 0.148. The highest BCUT2D eigenvalue weighted by Crippen LogP contribution is 2.28. The van der Waals surface area contributed by atoms with Crippen molar-refractivity contribution in [2.45, 2.75) is 27.2 Å². The molecule has 0 amide bonds. The fourth-order valence-electron chi connectivity index (χ4n) is 3.37. The molecule has 4 rings (SSSR count). The maximum Gasteiger partial charge on any atom is 0.145 e. The molecule has 0 atom stereocenters. The van der Waals surface area contributed by atoms with Gasteiger partial charge in [0.05, 0.1) is 11.0 Å². The summed E-state index contributed by atoms with van der Waals surface area (Å²) in [7, 11) is 0. The van der Waals surface area contributed by atoms with Gasteiger partial charge in [-0.3, -0.25) is 4.57 Å². The Kier molecular flexibility index (Phi) is 7.23. The van der Waals surface area contributed by atoms with Crippen LogP contribution in [0.1, 0.15) is 38.6 Å². The van der Waals surface area contributed by atoms with Gasteiger partial charge < -0.3 is 5.73 Å². The molecule has 1 aromatic heterocycles. The maximum absolute atomic E-state index is 6.43. The molecule has 3 aromatic carbocycles. The van der Waals surface area contributed by atoms with Gasteiger partial charge in [-0.05, 0) is 42.3 Å². The van der Waals surface area contributed by atoms with Crippen LogP contribution >= 0.6 is 0 Å². The van der Waals surface area contributed by atoms with Gasteiger partial charge in [0.1, 0.15) is 5.82 Å². The molecule has 0 bridgehead atoms. The summed E-state index contributed by atoms with van der Waals surface area (Å²) in [5.74, 6) is 0.896. The minimum absolute atomic E-state index is 0.729. The van der Waals surface area contributed by atoms with E-state index in [0.29, 0.717) is 0 Å². The highest BCUT2D eigenvalue weighted by Gasteiger charge is 2.15. The van der Waals surface area contributed by atoms with Crippen LogP contribution in [-0.4, -0.2) is 9.55 Å². The average Bonchev–Trinajstić information content (AvgIpc) is 3.21. The van der Waals surface area contributed by atoms with Gasteiger partial charge in [-0.25, -0.2) is 4.98 Å². The molecule has 0 spiro atoms. The Morgan fingerprint density at radius 1 is 0.867 bits per heavy atom. The van der Waals surface area contributed by atoms with Crippen molar-refractivity contribution in [3.63, 3.8) is 0 Å². The molecule has 152 valence electrons. The first-order chi connectivity index (χ1) is 14.8. The molecule has 0 aliphatic heterocycles. The third-order valence-corrected chi connectivity index (χ3v) is 4.68. The Hall–Kier alpha value is -3.59. The second-order valence-electron chi connectivity index (χ2n) is 6.63. The highest BCUT2D eigenvalue weighted by atomic mass is 15.1. The number of nitrogens with zero attached hydrogens (tertiary/aromatic N) is 2. The molecule has 0 unspecified atom stereocenters. The van der Waals surface area contributed by atoms with Gasteiger partial charge >= 0.3 is 0 Å². The van der Waals surface area contributed by atoms with Crippen LogP contribution in [0.4, 0.5) is 0 Å². The minimum Gasteiger partial charge on any atom is -0.398 e. The van der Waals surface area contributed by atoms with Gasteiger partial charge in [-0.15, -0.1) is 0 Å². The number of aromatic nitrogens is 2. The average molecular weight is 396 g/mol. The SMILES string of the molecule is CC.CC/C=C(\C=C(/N)c1ccccc1)c1nc2ccccc2n1-c1ccccc1. The Bertz CT molecular complexity index is 1140. The van der Waals surface area contributed by atoms with Gasteiger partial charge in [0.2, 0.25) is 0 Å². The zero-order valence-electron chi connectivity index (χ0n) is 17.9. The van der Waals surface area contributed by atoms with Crippen LogP contribution in [0.3, 0.4) is 0 Å². The maximum atomic E-state index is 6.43. The van der Waals surface area contributed by atoms with Crippen LogP contribution in [0.15, 0.2) is 97.1 Å². The zero-order valence-corrected chi connectivity index (χ0v) is 17.9. The quantitative estimate of drug-likeness (QED) is 0.376. The van der Waals surface area contributed by atoms with E-state index in [0.717, 1.165) is 45.8 Å². The van der Waals surface area contributed by atoms with Crippen LogP contribution in [-0.2, 0) is 0 Å². The lowest BCUT2D eigenvalue weighted by atomic mass is 10.1. The summed E-state index contributed by atoms with van der Waals surface area (Å²) in [6.07, 6.45) is 5.10. The number of imidazole rings is 1. The fourth-order valence-corrected chi connectivity index (χ4v) is 3.37. The molecule has 0 aliphatic carbocycles. The lowest BCUT2D eigenvalue weighted by Gasteiger charge is -2.11. The summed E-state index contributed by atoms with van der Waals surface area (Å²) in [6, 6.07) is 28.6. The van der Waals surface area contributed by atoms with Crippen molar-refractivity contribution in [1.82, 2.24) is 9.55 Å². The number of hydrogen-bond donors (Lipinski definition) is 1. The first-order valence-corrected chi connectivity index (χ1v) is 10.5. The molecular weight excluding hydrogens is 366 g/mol. The predicted molar refractivity (Wildman–Crippen MR) is 129 cm³/mol. The molecule has 2 N–H and O–H groups in total. The van der Waals surface area contributed by atoms with Crippen LogP contribution < -0.4 is 5.73 Å². The van der Waals surface area contributed by atoms with Crippen molar-refractivity contribution in [2.24, 2.45) is 5.73 Å². The third-order valence-electron chi connectivity index (χ3n) is 4.68. The lowest BCUT2D eigenvalue weighted by Crippen LogP contribution is -2.02. The van der Waals surface area contributed by atoms with Crippen LogP contribution in [0.25, 0.3) is 28.0 Å². The topological polar surface area (TPSA) is 43.8 Å². The second-order valence-corrected chi connectivity index (χ2v) is 6.63. The summed E-state index contributed by atoms with van der Waals surface area (Å²) >= 11 is 0. The Balaban J connectivity index is 0.00000124. The van der Waals surface area contributed by atoms with E-state index in [9.17, 15) is 0 Å². The van der Waals surface area contributed by atoms with E-state index < -0.39 is 0 Å². The van der Waals surface area contributed by atoms with E-state index in [1.807, 2.05) is 86.7 Å². The number of para-hydroxylation sites is 3. The van der Waals surface area contributed by atoms with Gasteiger partial charge in [0.15, 0.2) is 0 Å². The number of hydrogen-bond acceptors (Lipinski definition) is 2. The normalized spacial score (nSPS) is 11.8. The first-order valence-electron chi connectivity index (χ1n) is 10.5. The first kappa shape index (κ1) is 21.1. The van der Waals surface area contributed by atoms with E-state index in [2.05, 4.69) is 35.8 Å². The van der Waals surface area contributed by atoms with Crippen molar-refractivity contribution >= 4 is 22.3 Å². The molecule has 0 saturated carbocycles. The van der Waals surface area contributed by atoms with Gasteiger partial charge in [-0.2, -0.15) is 0 Å². The Morgan fingerprint density at radius 3 is 2.13 bits per heavy atom. The van der Waals surface area contributed by atoms with E-state index in [1.54, 1.807) is 0 Å². The van der Waals surface area contributed by atoms with Crippen molar-refractivity contribution in [3.8, 4) is 5.69 Å². The largest absolute Gasteiger partial charge is 0.398 e. The van der Waals surface area contributed by atoms with Gasteiger partial charge in [0, 0.05) is 17.0 Å². The summed E-state index contributed by atoms with van der Waals surface area (Å²) in [5, 5.41) is 0. The van der Waals surface area contributed by atoms with Crippen molar-refractivity contribution in [1.29, 1.82) is 0 Å². The molecule has 4 aromatic rings. The van der Waals surface area contributed by atoms with Crippen LogP contribution in [0.5, 0.6) is 0 Å². The Labute approximate surface area is 179 Å². The summed E-state index contributed by atoms with van der Waals surface area (Å²) in [6.45, 7) is 6.13. The lowest BCUT2D eigenvalue weighted by molar-refractivity contribution is 1.05. The van der Waals surface area contributed by atoms with E-state index in [-0.39, 0.29) is 0 Å². The summed E-state index contributed by atoms with van der Waals surface area (Å²) < 4.78 is 2.20. The molecule has 3 nitrogen and oxygen atoms in total. The van der Waals surface area contributed by atoms with E-state index >= 15 is 0 Å². The monoisotopic (exact) mass is 395 g/mol. The van der Waals surface area contributed by atoms with Crippen molar-refractivity contribution in [3.05, 3.63) is 108 Å². The number of rotatable bonds is 5. The molecular formula is C27H29N3. The van der Waals surface area contributed by atoms with Crippen LogP contribution in [0.2, 0.25) is 0 Å². The number of fused-ring (bicyclic) bond motifs is 1. The van der Waals surface area contributed by atoms with E-state index in [1.165, 1.54) is 0 Å². The second kappa shape index (κ2) is 10.3. The van der Waals surface area contributed by atoms with Gasteiger partial charge in [-0.1, -0.05) is 87.5 Å². The highest BCUT2D eigenvalue weighted by molar-refractivity contribution is 5.87.